The largest absolute Gasteiger partial charge is 0.459 e. The molecule has 0 radical (unpaired) electrons. The normalized spacial score (nSPS) is 19.7. The average Bonchev–Trinajstić information content (AvgIpc) is 3.27. The van der Waals surface area contributed by atoms with E-state index in [4.69, 9.17) is 9.47 Å². The molecule has 1 saturated heterocycles. The molecular formula is C18H18N4O4. The molecule has 134 valence electrons. The van der Waals surface area contributed by atoms with E-state index >= 15 is 0 Å². The monoisotopic (exact) mass is 354 g/mol. The summed E-state index contributed by atoms with van der Waals surface area (Å²) in [5.74, 6) is -0.351. The first-order valence-corrected chi connectivity index (χ1v) is 8.42. The number of carbonyl (C=O) groups excluding carboxylic acids is 1. The fraction of sp³-hybridized carbons (Fsp3) is 0.333. The van der Waals surface area contributed by atoms with E-state index in [1.54, 1.807) is 17.0 Å². The number of benzene rings is 1. The molecule has 8 nitrogen and oxygen atoms in total. The zero-order valence-electron chi connectivity index (χ0n) is 14.2. The highest BCUT2D eigenvalue weighted by Crippen LogP contribution is 2.30. The van der Waals surface area contributed by atoms with Gasteiger partial charge in [-0.2, -0.15) is 0 Å². The van der Waals surface area contributed by atoms with E-state index in [0.717, 1.165) is 18.4 Å². The molecule has 2 aromatic heterocycles. The molecule has 4 rings (SSSR count). The third-order valence-corrected chi connectivity index (χ3v) is 4.53. The van der Waals surface area contributed by atoms with Crippen molar-refractivity contribution in [1.82, 2.24) is 19.5 Å². The molecule has 3 aromatic rings. The van der Waals surface area contributed by atoms with Crippen LogP contribution in [0.25, 0.3) is 11.2 Å². The molecule has 1 aliphatic heterocycles. The summed E-state index contributed by atoms with van der Waals surface area (Å²) in [5, 5.41) is 0. The molecule has 0 spiro atoms. The lowest BCUT2D eigenvalue weighted by molar-refractivity contribution is -0.0309. The summed E-state index contributed by atoms with van der Waals surface area (Å²) in [4.78, 5) is 34.7. The highest BCUT2D eigenvalue weighted by Gasteiger charge is 2.29. The predicted molar refractivity (Wildman–Crippen MR) is 92.8 cm³/mol. The van der Waals surface area contributed by atoms with E-state index in [2.05, 4.69) is 15.0 Å². The topological polar surface area (TPSA) is 99.1 Å². The van der Waals surface area contributed by atoms with Gasteiger partial charge in [0.1, 0.15) is 12.8 Å². The van der Waals surface area contributed by atoms with Gasteiger partial charge in [0.25, 0.3) is 5.56 Å². The van der Waals surface area contributed by atoms with Gasteiger partial charge in [-0.25, -0.2) is 14.8 Å². The van der Waals surface area contributed by atoms with Crippen molar-refractivity contribution in [2.24, 2.45) is 0 Å². The SMILES string of the molecule is Cc1ccccc1C(=O)OC[C@@H]1CC[C@H](n2cnc3c(=O)[nH]cnc32)O1. The summed E-state index contributed by atoms with van der Waals surface area (Å²) in [6.45, 7) is 2.06. The van der Waals surface area contributed by atoms with Crippen molar-refractivity contribution in [3.8, 4) is 0 Å². The second kappa shape index (κ2) is 6.72. The van der Waals surface area contributed by atoms with Crippen LogP contribution in [0.4, 0.5) is 0 Å². The van der Waals surface area contributed by atoms with Crippen LogP contribution < -0.4 is 5.56 Å². The number of hydrogen-bond donors (Lipinski definition) is 1. The van der Waals surface area contributed by atoms with Gasteiger partial charge in [0, 0.05) is 0 Å². The lowest BCUT2D eigenvalue weighted by Gasteiger charge is -2.15. The third-order valence-electron chi connectivity index (χ3n) is 4.53. The van der Waals surface area contributed by atoms with Crippen LogP contribution in [0.3, 0.4) is 0 Å². The molecule has 1 aliphatic rings. The van der Waals surface area contributed by atoms with Crippen LogP contribution in [0, 0.1) is 6.92 Å². The molecule has 2 atom stereocenters. The van der Waals surface area contributed by atoms with Crippen molar-refractivity contribution in [3.63, 3.8) is 0 Å². The lowest BCUT2D eigenvalue weighted by atomic mass is 10.1. The van der Waals surface area contributed by atoms with Crippen molar-refractivity contribution in [2.75, 3.05) is 6.61 Å². The Morgan fingerprint density at radius 2 is 2.19 bits per heavy atom. The minimum absolute atomic E-state index is 0.185. The van der Waals surface area contributed by atoms with Gasteiger partial charge in [0.05, 0.1) is 24.3 Å². The molecule has 3 heterocycles. The number of nitrogens with one attached hydrogen (secondary N) is 1. The zero-order chi connectivity index (χ0) is 18.1. The Kier molecular flexibility index (Phi) is 4.26. The third kappa shape index (κ3) is 2.99. The molecule has 0 unspecified atom stereocenters. The Morgan fingerprint density at radius 3 is 3.04 bits per heavy atom. The molecule has 26 heavy (non-hydrogen) atoms. The fourth-order valence-corrected chi connectivity index (χ4v) is 3.14. The second-order valence-electron chi connectivity index (χ2n) is 6.26. The quantitative estimate of drug-likeness (QED) is 0.719. The molecular weight excluding hydrogens is 336 g/mol. The van der Waals surface area contributed by atoms with E-state index in [1.165, 1.54) is 6.33 Å². The van der Waals surface area contributed by atoms with Crippen LogP contribution in [0.1, 0.15) is 35.0 Å². The van der Waals surface area contributed by atoms with Gasteiger partial charge < -0.3 is 14.5 Å². The van der Waals surface area contributed by atoms with E-state index < -0.39 is 0 Å². The molecule has 1 aromatic carbocycles. The minimum Gasteiger partial charge on any atom is -0.459 e. The van der Waals surface area contributed by atoms with E-state index in [1.807, 2.05) is 25.1 Å². The Balaban J connectivity index is 1.41. The number of esters is 1. The standard InChI is InChI=1S/C18H18N4O4/c1-11-4-2-3-5-13(11)18(24)25-8-12-6-7-14(26-12)22-10-21-15-16(22)19-9-20-17(15)23/h2-5,9-10,12,14H,6-8H2,1H3,(H,19,20,23)/t12-,14+/m0/s1. The van der Waals surface area contributed by atoms with Gasteiger partial charge in [-0.1, -0.05) is 18.2 Å². The Bertz CT molecular complexity index is 1010. The van der Waals surface area contributed by atoms with Crippen LogP contribution in [0.5, 0.6) is 0 Å². The molecule has 0 saturated carbocycles. The second-order valence-corrected chi connectivity index (χ2v) is 6.26. The Hall–Kier alpha value is -3.00. The number of rotatable bonds is 4. The Labute approximate surface area is 148 Å². The zero-order valence-corrected chi connectivity index (χ0v) is 14.2. The molecule has 1 fully saturated rings. The first-order valence-electron chi connectivity index (χ1n) is 8.42. The van der Waals surface area contributed by atoms with Crippen LogP contribution in [0.2, 0.25) is 0 Å². The first-order chi connectivity index (χ1) is 12.6. The summed E-state index contributed by atoms with van der Waals surface area (Å²) < 4.78 is 13.1. The average molecular weight is 354 g/mol. The number of fused-ring (bicyclic) bond motifs is 1. The number of H-pyrrole nitrogens is 1. The Morgan fingerprint density at radius 1 is 1.35 bits per heavy atom. The van der Waals surface area contributed by atoms with Gasteiger partial charge in [0.15, 0.2) is 11.2 Å². The number of aryl methyl sites for hydroxylation is 1. The van der Waals surface area contributed by atoms with Crippen LogP contribution in [-0.4, -0.2) is 38.2 Å². The highest BCUT2D eigenvalue weighted by atomic mass is 16.6. The number of hydrogen-bond acceptors (Lipinski definition) is 6. The maximum Gasteiger partial charge on any atom is 0.338 e. The summed E-state index contributed by atoms with van der Waals surface area (Å²) in [6.07, 6.45) is 3.89. The number of aromatic amines is 1. The van der Waals surface area contributed by atoms with Gasteiger partial charge in [0.2, 0.25) is 0 Å². The number of carbonyl (C=O) groups is 1. The van der Waals surface area contributed by atoms with Gasteiger partial charge in [-0.15, -0.1) is 0 Å². The summed E-state index contributed by atoms with van der Waals surface area (Å²) in [6, 6.07) is 7.31. The van der Waals surface area contributed by atoms with Gasteiger partial charge >= 0.3 is 5.97 Å². The van der Waals surface area contributed by atoms with Crippen LogP contribution in [0.15, 0.2) is 41.7 Å². The smallest absolute Gasteiger partial charge is 0.338 e. The van der Waals surface area contributed by atoms with Crippen LogP contribution in [-0.2, 0) is 9.47 Å². The minimum atomic E-state index is -0.351. The molecule has 8 heteroatoms. The maximum absolute atomic E-state index is 12.2. The first kappa shape index (κ1) is 16.5. The van der Waals surface area contributed by atoms with Crippen molar-refractivity contribution < 1.29 is 14.3 Å². The molecule has 0 amide bonds. The van der Waals surface area contributed by atoms with Gasteiger partial charge in [-0.05, 0) is 31.4 Å². The van der Waals surface area contributed by atoms with Crippen molar-refractivity contribution in [3.05, 3.63) is 58.4 Å². The molecule has 0 aliphatic carbocycles. The number of aromatic nitrogens is 4. The van der Waals surface area contributed by atoms with E-state index in [9.17, 15) is 9.59 Å². The summed E-state index contributed by atoms with van der Waals surface area (Å²) in [5.41, 5.74) is 1.92. The lowest BCUT2D eigenvalue weighted by Crippen LogP contribution is -2.20. The van der Waals surface area contributed by atoms with E-state index in [0.29, 0.717) is 11.2 Å². The number of nitrogens with zero attached hydrogens (tertiary/aromatic N) is 3. The van der Waals surface area contributed by atoms with Crippen molar-refractivity contribution in [1.29, 1.82) is 0 Å². The van der Waals surface area contributed by atoms with Gasteiger partial charge in [-0.3, -0.25) is 9.36 Å². The maximum atomic E-state index is 12.2. The molecule has 0 bridgehead atoms. The highest BCUT2D eigenvalue weighted by molar-refractivity contribution is 5.90. The predicted octanol–water partition coefficient (Wildman–Crippen LogP) is 1.96. The van der Waals surface area contributed by atoms with Crippen molar-refractivity contribution >= 4 is 17.1 Å². The van der Waals surface area contributed by atoms with Crippen molar-refractivity contribution in [2.45, 2.75) is 32.1 Å². The molecule has 1 N–H and O–H groups in total. The van der Waals surface area contributed by atoms with Crippen LogP contribution >= 0.6 is 0 Å². The number of ether oxygens (including phenoxy) is 2. The number of imidazole rings is 1. The summed E-state index contributed by atoms with van der Waals surface area (Å²) >= 11 is 0. The summed E-state index contributed by atoms with van der Waals surface area (Å²) in [7, 11) is 0. The fourth-order valence-electron chi connectivity index (χ4n) is 3.14. The van der Waals surface area contributed by atoms with E-state index in [-0.39, 0.29) is 36.0 Å².